The molecule has 1 aliphatic rings. The lowest BCUT2D eigenvalue weighted by Gasteiger charge is -2.04. The molecule has 1 N–H and O–H groups in total. The second-order valence-corrected chi connectivity index (χ2v) is 8.61. The van der Waals surface area contributed by atoms with Gasteiger partial charge in [-0.15, -0.1) is 10.2 Å². The van der Waals surface area contributed by atoms with Crippen molar-refractivity contribution in [2.24, 2.45) is 13.0 Å². The van der Waals surface area contributed by atoms with Gasteiger partial charge in [-0.05, 0) is 48.9 Å². The molecule has 0 unspecified atom stereocenters. The summed E-state index contributed by atoms with van der Waals surface area (Å²) in [6.07, 6.45) is 8.81. The van der Waals surface area contributed by atoms with Crippen LogP contribution in [0.3, 0.4) is 0 Å². The number of carbonyl (C=O) groups is 1. The third-order valence-corrected chi connectivity index (χ3v) is 6.16. The minimum Gasteiger partial charge on any atom is -0.309 e. The van der Waals surface area contributed by atoms with Gasteiger partial charge in [-0.25, -0.2) is 14.3 Å². The second kappa shape index (κ2) is 7.05. The van der Waals surface area contributed by atoms with Crippen LogP contribution in [-0.4, -0.2) is 44.2 Å². The molecular weight excluding hydrogens is 430 g/mol. The molecule has 32 heavy (non-hydrogen) atoms. The lowest BCUT2D eigenvalue weighted by atomic mass is 10.4. The number of hydrogen-bond acceptors (Lipinski definition) is 7. The summed E-state index contributed by atoms with van der Waals surface area (Å²) >= 11 is 1.34. The van der Waals surface area contributed by atoms with Crippen LogP contribution in [0.25, 0.3) is 17.0 Å². The number of nitrogens with one attached hydrogen (secondary N) is 1. The molecule has 0 atom stereocenters. The average Bonchev–Trinajstić information content (AvgIpc) is 3.35. The zero-order valence-corrected chi connectivity index (χ0v) is 17.7. The fourth-order valence-electron chi connectivity index (χ4n) is 3.38. The molecule has 0 aromatic carbocycles. The van der Waals surface area contributed by atoms with E-state index in [1.165, 1.54) is 16.3 Å². The van der Waals surface area contributed by atoms with E-state index in [2.05, 4.69) is 25.6 Å². The van der Waals surface area contributed by atoms with E-state index in [-0.39, 0.29) is 17.5 Å². The topological polar surface area (TPSA) is 116 Å². The Morgan fingerprint density at radius 1 is 1.09 bits per heavy atom. The van der Waals surface area contributed by atoms with Crippen molar-refractivity contribution in [1.29, 1.82) is 0 Å². The van der Waals surface area contributed by atoms with Crippen LogP contribution in [0.4, 0.5) is 5.82 Å². The molecular formula is C20H17N9O2S. The van der Waals surface area contributed by atoms with Gasteiger partial charge in [0.2, 0.25) is 11.1 Å². The quantitative estimate of drug-likeness (QED) is 0.436. The van der Waals surface area contributed by atoms with E-state index in [1.807, 2.05) is 34.9 Å². The third kappa shape index (κ3) is 3.24. The number of anilines is 1. The first kappa shape index (κ1) is 18.8. The van der Waals surface area contributed by atoms with Crippen LogP contribution < -0.4 is 11.0 Å². The number of pyridine rings is 1. The van der Waals surface area contributed by atoms with Gasteiger partial charge < -0.3 is 9.88 Å². The lowest BCUT2D eigenvalue weighted by Crippen LogP contribution is -2.20. The largest absolute Gasteiger partial charge is 0.332 e. The first-order valence-corrected chi connectivity index (χ1v) is 10.8. The highest BCUT2D eigenvalue weighted by atomic mass is 32.2. The standard InChI is InChI=1S/C20H17N9O2S/c1-26-8-9-27(20(26)31)13-4-5-16-23-24-19(28(16)10-13)32-17-7-6-15-21-14(11-29(15)25-17)22-18(30)12-2-3-12/h4-12H,2-3H2,1H3,(H,22,30). The Balaban J connectivity index is 1.30. The molecule has 5 aromatic rings. The summed E-state index contributed by atoms with van der Waals surface area (Å²) in [6.45, 7) is 0. The molecule has 160 valence electrons. The molecule has 5 aromatic heterocycles. The molecule has 0 aliphatic heterocycles. The zero-order valence-electron chi connectivity index (χ0n) is 16.9. The van der Waals surface area contributed by atoms with Crippen LogP contribution in [0.1, 0.15) is 12.8 Å². The van der Waals surface area contributed by atoms with Crippen molar-refractivity contribution in [1.82, 2.24) is 38.3 Å². The maximum atomic E-state index is 12.3. The van der Waals surface area contributed by atoms with Gasteiger partial charge in [-0.1, -0.05) is 0 Å². The molecule has 5 heterocycles. The van der Waals surface area contributed by atoms with Crippen LogP contribution >= 0.6 is 11.8 Å². The van der Waals surface area contributed by atoms with Crippen molar-refractivity contribution < 1.29 is 4.79 Å². The van der Waals surface area contributed by atoms with Gasteiger partial charge in [0, 0.05) is 31.6 Å². The number of rotatable bonds is 5. The molecule has 11 nitrogen and oxygen atoms in total. The van der Waals surface area contributed by atoms with Crippen molar-refractivity contribution in [2.45, 2.75) is 23.0 Å². The highest BCUT2D eigenvalue weighted by Gasteiger charge is 2.30. The molecule has 1 saturated carbocycles. The van der Waals surface area contributed by atoms with Crippen LogP contribution in [-0.2, 0) is 11.8 Å². The number of hydrogen-bond donors (Lipinski definition) is 1. The number of carbonyl (C=O) groups excluding carboxylic acids is 1. The highest BCUT2D eigenvalue weighted by molar-refractivity contribution is 7.99. The third-order valence-electron chi connectivity index (χ3n) is 5.27. The minimum atomic E-state index is -0.136. The van der Waals surface area contributed by atoms with Gasteiger partial charge in [-0.3, -0.25) is 13.8 Å². The molecule has 6 rings (SSSR count). The SMILES string of the molecule is Cn1ccn(-c2ccc3nnc(Sc4ccc5nc(NC(=O)C6CC6)cn5n4)n3c2)c1=O. The summed E-state index contributed by atoms with van der Waals surface area (Å²) in [7, 11) is 1.71. The first-order chi connectivity index (χ1) is 15.5. The van der Waals surface area contributed by atoms with Crippen LogP contribution in [0.15, 0.2) is 64.0 Å². The minimum absolute atomic E-state index is 0.00580. The fourth-order valence-corrected chi connectivity index (χ4v) is 4.16. The van der Waals surface area contributed by atoms with Crippen LogP contribution in [0.5, 0.6) is 0 Å². The number of imidazole rings is 2. The Morgan fingerprint density at radius 3 is 2.72 bits per heavy atom. The smallest absolute Gasteiger partial charge is 0.309 e. The molecule has 12 heteroatoms. The molecule has 1 aliphatic carbocycles. The fraction of sp³-hybridized carbons (Fsp3) is 0.200. The lowest BCUT2D eigenvalue weighted by molar-refractivity contribution is -0.117. The average molecular weight is 447 g/mol. The first-order valence-electron chi connectivity index (χ1n) is 9.99. The zero-order chi connectivity index (χ0) is 21.8. The van der Waals surface area contributed by atoms with E-state index in [0.29, 0.717) is 33.0 Å². The normalized spacial score (nSPS) is 13.8. The van der Waals surface area contributed by atoms with E-state index in [1.54, 1.807) is 34.7 Å². The Labute approximate surface area is 184 Å². The summed E-state index contributed by atoms with van der Waals surface area (Å²) < 4.78 is 6.52. The predicted octanol–water partition coefficient (Wildman–Crippen LogP) is 1.76. The van der Waals surface area contributed by atoms with Gasteiger partial charge >= 0.3 is 5.69 Å². The monoisotopic (exact) mass is 447 g/mol. The number of amides is 1. The second-order valence-electron chi connectivity index (χ2n) is 7.63. The molecule has 1 fully saturated rings. The summed E-state index contributed by atoms with van der Waals surface area (Å²) in [4.78, 5) is 28.7. The van der Waals surface area contributed by atoms with Crippen molar-refractivity contribution >= 4 is 34.8 Å². The van der Waals surface area contributed by atoms with Crippen molar-refractivity contribution in [3.63, 3.8) is 0 Å². The van der Waals surface area contributed by atoms with Crippen LogP contribution in [0.2, 0.25) is 0 Å². The Morgan fingerprint density at radius 2 is 1.94 bits per heavy atom. The van der Waals surface area contributed by atoms with E-state index in [0.717, 1.165) is 12.8 Å². The molecule has 0 spiro atoms. The van der Waals surface area contributed by atoms with E-state index in [9.17, 15) is 9.59 Å². The Bertz CT molecular complexity index is 1560. The molecule has 0 saturated heterocycles. The number of nitrogens with zero attached hydrogens (tertiary/aromatic N) is 8. The maximum Gasteiger partial charge on any atom is 0.332 e. The summed E-state index contributed by atoms with van der Waals surface area (Å²) in [5, 5.41) is 17.2. The van der Waals surface area contributed by atoms with Gasteiger partial charge in [0.15, 0.2) is 17.1 Å². The number of aromatic nitrogens is 8. The van der Waals surface area contributed by atoms with Gasteiger partial charge in [-0.2, -0.15) is 5.10 Å². The van der Waals surface area contributed by atoms with Crippen molar-refractivity contribution in [3.05, 3.63) is 59.5 Å². The van der Waals surface area contributed by atoms with E-state index in [4.69, 9.17) is 0 Å². The highest BCUT2D eigenvalue weighted by Crippen LogP contribution is 2.30. The van der Waals surface area contributed by atoms with Gasteiger partial charge in [0.05, 0.1) is 11.9 Å². The Kier molecular flexibility index (Phi) is 4.15. The van der Waals surface area contributed by atoms with E-state index >= 15 is 0 Å². The number of fused-ring (bicyclic) bond motifs is 2. The van der Waals surface area contributed by atoms with Gasteiger partial charge in [0.25, 0.3) is 0 Å². The summed E-state index contributed by atoms with van der Waals surface area (Å²) in [5.41, 5.74) is 1.87. The van der Waals surface area contributed by atoms with Crippen molar-refractivity contribution in [3.8, 4) is 5.69 Å². The summed E-state index contributed by atoms with van der Waals surface area (Å²) in [5.74, 6) is 0.602. The molecule has 1 amide bonds. The van der Waals surface area contributed by atoms with E-state index < -0.39 is 0 Å². The number of aryl methyl sites for hydroxylation is 1. The van der Waals surface area contributed by atoms with Crippen LogP contribution in [0, 0.1) is 5.92 Å². The Hall–Kier alpha value is -3.93. The summed E-state index contributed by atoms with van der Waals surface area (Å²) in [6, 6.07) is 7.31. The maximum absolute atomic E-state index is 12.3. The predicted molar refractivity (Wildman–Crippen MR) is 116 cm³/mol. The molecule has 0 radical (unpaired) electrons. The van der Waals surface area contributed by atoms with Crippen molar-refractivity contribution in [2.75, 3.05) is 5.32 Å². The molecule has 0 bridgehead atoms. The van der Waals surface area contributed by atoms with Gasteiger partial charge in [0.1, 0.15) is 5.03 Å².